The van der Waals surface area contributed by atoms with E-state index >= 15 is 0 Å². The molecule has 1 unspecified atom stereocenters. The number of nitrogens with zero attached hydrogens (tertiary/aromatic N) is 1. The normalized spacial score (nSPS) is 19.2. The zero-order valence-corrected chi connectivity index (χ0v) is 14.7. The van der Waals surface area contributed by atoms with Crippen molar-refractivity contribution in [3.8, 4) is 0 Å². The van der Waals surface area contributed by atoms with E-state index in [1.54, 1.807) is 25.7 Å². The molecule has 2 amide bonds. The quantitative estimate of drug-likeness (QED) is 0.564. The summed E-state index contributed by atoms with van der Waals surface area (Å²) in [7, 11) is 0. The number of nitrogens with two attached hydrogens (primary N) is 1. The van der Waals surface area contributed by atoms with Gasteiger partial charge in [-0.25, -0.2) is 9.59 Å². The Bertz CT molecular complexity index is 461. The van der Waals surface area contributed by atoms with Crippen molar-refractivity contribution < 1.29 is 24.2 Å². The van der Waals surface area contributed by atoms with Gasteiger partial charge in [-0.15, -0.1) is 0 Å². The third-order valence-corrected chi connectivity index (χ3v) is 3.79. The molecule has 0 aromatic carbocycles. The maximum atomic E-state index is 11.8. The smallest absolute Gasteiger partial charge is 0.408 e. The van der Waals surface area contributed by atoms with Crippen LogP contribution in [0, 0.1) is 5.92 Å². The summed E-state index contributed by atoms with van der Waals surface area (Å²) in [5.74, 6) is -0.772. The van der Waals surface area contributed by atoms with Crippen LogP contribution < -0.4 is 11.1 Å². The topological polar surface area (TPSA) is 122 Å². The van der Waals surface area contributed by atoms with Crippen LogP contribution >= 0.6 is 0 Å². The fourth-order valence-electron chi connectivity index (χ4n) is 2.59. The SMILES string of the molecule is CC(C)(C)OC(=O)N[C@H](CCCCN1CC(CN)CC1=O)C(=O)O. The van der Waals surface area contributed by atoms with Crippen molar-refractivity contribution >= 4 is 18.0 Å². The number of nitrogens with one attached hydrogen (secondary N) is 1. The maximum Gasteiger partial charge on any atom is 0.408 e. The Hall–Kier alpha value is -1.83. The van der Waals surface area contributed by atoms with Crippen LogP contribution in [0.3, 0.4) is 0 Å². The molecule has 1 fully saturated rings. The molecule has 1 aliphatic heterocycles. The van der Waals surface area contributed by atoms with Crippen LogP contribution in [0.5, 0.6) is 0 Å². The number of carboxylic acids is 1. The number of carboxylic acid groups (broad SMARTS) is 1. The molecule has 8 nitrogen and oxygen atoms in total. The monoisotopic (exact) mass is 343 g/mol. The van der Waals surface area contributed by atoms with Crippen molar-refractivity contribution in [2.24, 2.45) is 11.7 Å². The standard InChI is InChI=1S/C16H29N3O5/c1-16(2,3)24-15(23)18-12(14(21)22)6-4-5-7-19-10-11(9-17)8-13(19)20/h11-12H,4-10,17H2,1-3H3,(H,18,23)(H,21,22)/t11?,12-/m1/s1. The van der Waals surface area contributed by atoms with E-state index in [0.717, 1.165) is 0 Å². The van der Waals surface area contributed by atoms with Gasteiger partial charge in [-0.05, 0) is 52.5 Å². The van der Waals surface area contributed by atoms with Gasteiger partial charge < -0.3 is 25.8 Å². The number of unbranched alkanes of at least 4 members (excludes halogenated alkanes) is 1. The highest BCUT2D eigenvalue weighted by molar-refractivity contribution is 5.80. The molecule has 24 heavy (non-hydrogen) atoms. The van der Waals surface area contributed by atoms with Gasteiger partial charge in [0.05, 0.1) is 0 Å². The highest BCUT2D eigenvalue weighted by Crippen LogP contribution is 2.17. The molecule has 1 aliphatic rings. The van der Waals surface area contributed by atoms with Gasteiger partial charge >= 0.3 is 12.1 Å². The first-order valence-corrected chi connectivity index (χ1v) is 8.32. The van der Waals surface area contributed by atoms with E-state index in [1.807, 2.05) is 0 Å². The van der Waals surface area contributed by atoms with Gasteiger partial charge in [-0.2, -0.15) is 0 Å². The van der Waals surface area contributed by atoms with Crippen molar-refractivity contribution in [1.82, 2.24) is 10.2 Å². The molecule has 2 atom stereocenters. The van der Waals surface area contributed by atoms with E-state index in [1.165, 1.54) is 0 Å². The minimum atomic E-state index is -1.10. The lowest BCUT2D eigenvalue weighted by atomic mass is 10.1. The summed E-state index contributed by atoms with van der Waals surface area (Å²) in [5.41, 5.74) is 4.90. The fourth-order valence-corrected chi connectivity index (χ4v) is 2.59. The zero-order valence-electron chi connectivity index (χ0n) is 14.7. The number of likely N-dealkylation sites (tertiary alicyclic amines) is 1. The first-order valence-electron chi connectivity index (χ1n) is 8.32. The summed E-state index contributed by atoms with van der Waals surface area (Å²) in [6.45, 7) is 6.91. The zero-order chi connectivity index (χ0) is 18.3. The number of carbonyl (C=O) groups is 3. The van der Waals surface area contributed by atoms with E-state index in [4.69, 9.17) is 10.5 Å². The number of alkyl carbamates (subject to hydrolysis) is 1. The molecule has 8 heteroatoms. The Kier molecular flexibility index (Phi) is 7.47. The molecule has 4 N–H and O–H groups in total. The summed E-state index contributed by atoms with van der Waals surface area (Å²) >= 11 is 0. The number of aliphatic carboxylic acids is 1. The molecule has 138 valence electrons. The second-order valence-corrected chi connectivity index (χ2v) is 7.18. The number of hydrogen-bond acceptors (Lipinski definition) is 5. The van der Waals surface area contributed by atoms with Crippen molar-refractivity contribution in [1.29, 1.82) is 0 Å². The largest absolute Gasteiger partial charge is 0.480 e. The minimum Gasteiger partial charge on any atom is -0.480 e. The number of hydrogen-bond donors (Lipinski definition) is 3. The van der Waals surface area contributed by atoms with Crippen LogP contribution in [0.1, 0.15) is 46.5 Å². The van der Waals surface area contributed by atoms with Gasteiger partial charge in [0, 0.05) is 19.5 Å². The van der Waals surface area contributed by atoms with E-state index in [2.05, 4.69) is 5.32 Å². The van der Waals surface area contributed by atoms with Crippen LogP contribution in [0.4, 0.5) is 4.79 Å². The number of ether oxygens (including phenoxy) is 1. The van der Waals surface area contributed by atoms with Crippen LogP contribution in [-0.4, -0.2) is 59.3 Å². The van der Waals surface area contributed by atoms with E-state index < -0.39 is 23.7 Å². The fraction of sp³-hybridized carbons (Fsp3) is 0.812. The lowest BCUT2D eigenvalue weighted by molar-refractivity contribution is -0.139. The molecule has 0 bridgehead atoms. The summed E-state index contributed by atoms with van der Waals surface area (Å²) in [6, 6.07) is -0.995. The summed E-state index contributed by atoms with van der Waals surface area (Å²) < 4.78 is 5.07. The van der Waals surface area contributed by atoms with Crippen LogP contribution in [0.15, 0.2) is 0 Å². The lowest BCUT2D eigenvalue weighted by Gasteiger charge is -2.22. The average molecular weight is 343 g/mol. The molecule has 1 saturated heterocycles. The molecular formula is C16H29N3O5. The maximum absolute atomic E-state index is 11.8. The predicted octanol–water partition coefficient (Wildman–Crippen LogP) is 0.942. The van der Waals surface area contributed by atoms with Gasteiger partial charge in [0.1, 0.15) is 11.6 Å². The third kappa shape index (κ3) is 7.16. The molecule has 0 spiro atoms. The summed E-state index contributed by atoms with van der Waals surface area (Å²) in [5, 5.41) is 11.6. The Labute approximate surface area is 142 Å². The van der Waals surface area contributed by atoms with E-state index in [0.29, 0.717) is 38.9 Å². The molecule has 0 saturated carbocycles. The predicted molar refractivity (Wildman–Crippen MR) is 88.4 cm³/mol. The first-order chi connectivity index (χ1) is 11.1. The first kappa shape index (κ1) is 20.2. The van der Waals surface area contributed by atoms with Crippen molar-refractivity contribution in [2.45, 2.75) is 58.1 Å². The molecular weight excluding hydrogens is 314 g/mol. The lowest BCUT2D eigenvalue weighted by Crippen LogP contribution is -2.43. The molecule has 0 radical (unpaired) electrons. The summed E-state index contributed by atoms with van der Waals surface area (Å²) in [4.78, 5) is 36.4. The van der Waals surface area contributed by atoms with Crippen molar-refractivity contribution in [3.63, 3.8) is 0 Å². The Morgan fingerprint density at radius 3 is 2.58 bits per heavy atom. The van der Waals surface area contributed by atoms with Crippen LogP contribution in [-0.2, 0) is 14.3 Å². The number of rotatable bonds is 8. The molecule has 1 heterocycles. The van der Waals surface area contributed by atoms with Crippen molar-refractivity contribution in [3.05, 3.63) is 0 Å². The number of amides is 2. The highest BCUT2D eigenvalue weighted by Gasteiger charge is 2.28. The summed E-state index contributed by atoms with van der Waals surface area (Å²) in [6.07, 6.45) is 1.31. The van der Waals surface area contributed by atoms with Gasteiger partial charge in [0.15, 0.2) is 0 Å². The minimum absolute atomic E-state index is 0.104. The Morgan fingerprint density at radius 1 is 1.42 bits per heavy atom. The Morgan fingerprint density at radius 2 is 2.08 bits per heavy atom. The van der Waals surface area contributed by atoms with Gasteiger partial charge in [-0.1, -0.05) is 0 Å². The molecule has 0 aromatic rings. The van der Waals surface area contributed by atoms with Gasteiger partial charge in [0.2, 0.25) is 5.91 Å². The molecule has 0 aromatic heterocycles. The van der Waals surface area contributed by atoms with E-state index in [9.17, 15) is 19.5 Å². The Balaban J connectivity index is 2.33. The van der Waals surface area contributed by atoms with Crippen LogP contribution in [0.25, 0.3) is 0 Å². The van der Waals surface area contributed by atoms with E-state index in [-0.39, 0.29) is 18.2 Å². The second-order valence-electron chi connectivity index (χ2n) is 7.18. The average Bonchev–Trinajstić information content (AvgIpc) is 2.80. The van der Waals surface area contributed by atoms with Crippen LogP contribution in [0.2, 0.25) is 0 Å². The van der Waals surface area contributed by atoms with Crippen molar-refractivity contribution in [2.75, 3.05) is 19.6 Å². The molecule has 0 aliphatic carbocycles. The second kappa shape index (κ2) is 8.86. The highest BCUT2D eigenvalue weighted by atomic mass is 16.6. The number of carbonyl (C=O) groups excluding carboxylic acids is 2. The van der Waals surface area contributed by atoms with Gasteiger partial charge in [0.25, 0.3) is 0 Å². The van der Waals surface area contributed by atoms with Gasteiger partial charge in [-0.3, -0.25) is 4.79 Å². The molecule has 1 rings (SSSR count). The third-order valence-electron chi connectivity index (χ3n) is 3.79.